The van der Waals surface area contributed by atoms with Crippen molar-refractivity contribution in [2.45, 2.75) is 26.3 Å². The lowest BCUT2D eigenvalue weighted by atomic mass is 10.1. The molecule has 7 nitrogen and oxygen atoms in total. The summed E-state index contributed by atoms with van der Waals surface area (Å²) in [7, 11) is 1.58. The molecular weight excluding hydrogens is 370 g/mol. The highest BCUT2D eigenvalue weighted by molar-refractivity contribution is 6.05. The summed E-state index contributed by atoms with van der Waals surface area (Å²) < 4.78 is 5.10. The maximum atomic E-state index is 12.5. The van der Waals surface area contributed by atoms with Crippen molar-refractivity contribution < 1.29 is 19.1 Å². The molecular formula is C22H25N3O4. The number of hydrogen-bond donors (Lipinski definition) is 2. The molecule has 1 unspecified atom stereocenters. The first-order valence-corrected chi connectivity index (χ1v) is 9.53. The Bertz CT molecular complexity index is 891. The van der Waals surface area contributed by atoms with Crippen LogP contribution in [0.2, 0.25) is 0 Å². The van der Waals surface area contributed by atoms with Crippen LogP contribution in [-0.4, -0.2) is 42.3 Å². The zero-order chi connectivity index (χ0) is 21.0. The smallest absolute Gasteiger partial charge is 0.255 e. The molecule has 0 aromatic heterocycles. The number of nitrogens with one attached hydrogen (secondary N) is 2. The lowest BCUT2D eigenvalue weighted by Crippen LogP contribution is -2.33. The van der Waals surface area contributed by atoms with E-state index in [1.54, 1.807) is 60.5 Å². The van der Waals surface area contributed by atoms with Crippen molar-refractivity contribution in [2.75, 3.05) is 24.3 Å². The average Bonchev–Trinajstić information content (AvgIpc) is 3.11. The van der Waals surface area contributed by atoms with E-state index in [0.29, 0.717) is 29.2 Å². The molecule has 1 aliphatic rings. The van der Waals surface area contributed by atoms with Crippen molar-refractivity contribution in [1.29, 1.82) is 0 Å². The number of nitrogens with zero attached hydrogens (tertiary/aromatic N) is 1. The molecule has 0 radical (unpaired) electrons. The Balaban J connectivity index is 1.57. The molecule has 3 rings (SSSR count). The molecule has 0 bridgehead atoms. The van der Waals surface area contributed by atoms with Gasteiger partial charge in [-0.1, -0.05) is 0 Å². The Labute approximate surface area is 170 Å². The predicted molar refractivity (Wildman–Crippen MR) is 111 cm³/mol. The molecule has 0 aliphatic carbocycles. The predicted octanol–water partition coefficient (Wildman–Crippen LogP) is 3.14. The summed E-state index contributed by atoms with van der Waals surface area (Å²) in [5.74, 6) is -0.0730. The number of ether oxygens (including phenoxy) is 1. The summed E-state index contributed by atoms with van der Waals surface area (Å²) in [5, 5.41) is 5.64. The normalized spacial score (nSPS) is 16.1. The summed E-state index contributed by atoms with van der Waals surface area (Å²) in [6.45, 7) is 4.31. The molecule has 29 heavy (non-hydrogen) atoms. The van der Waals surface area contributed by atoms with E-state index in [2.05, 4.69) is 10.6 Å². The van der Waals surface area contributed by atoms with E-state index < -0.39 is 0 Å². The average molecular weight is 395 g/mol. The number of rotatable bonds is 6. The van der Waals surface area contributed by atoms with Gasteiger partial charge in [0.2, 0.25) is 11.8 Å². The summed E-state index contributed by atoms with van der Waals surface area (Å²) in [6.07, 6.45) is 0.229. The van der Waals surface area contributed by atoms with Crippen LogP contribution in [0.15, 0.2) is 48.5 Å². The third kappa shape index (κ3) is 4.93. The fourth-order valence-corrected chi connectivity index (χ4v) is 3.23. The third-order valence-corrected chi connectivity index (χ3v) is 4.92. The maximum absolute atomic E-state index is 12.5. The minimum Gasteiger partial charge on any atom is -0.497 e. The summed E-state index contributed by atoms with van der Waals surface area (Å²) in [4.78, 5) is 38.5. The zero-order valence-corrected chi connectivity index (χ0v) is 16.8. The molecule has 0 spiro atoms. The number of anilines is 2. The van der Waals surface area contributed by atoms with Crippen molar-refractivity contribution in [2.24, 2.45) is 5.92 Å². The standard InChI is InChI=1S/C22H25N3O4/c1-14(2)25-13-16(12-20(25)26)22(28)24-17-6-4-15(5-7-17)21(27)23-18-8-10-19(29-3)11-9-18/h4-11,14,16H,12-13H2,1-3H3,(H,23,27)(H,24,28). The summed E-state index contributed by atoms with van der Waals surface area (Å²) in [6, 6.07) is 13.8. The van der Waals surface area contributed by atoms with E-state index in [1.165, 1.54) is 0 Å². The van der Waals surface area contributed by atoms with E-state index in [1.807, 2.05) is 13.8 Å². The fourth-order valence-electron chi connectivity index (χ4n) is 3.23. The highest BCUT2D eigenvalue weighted by Gasteiger charge is 2.35. The number of methoxy groups -OCH3 is 1. The van der Waals surface area contributed by atoms with Gasteiger partial charge in [0.1, 0.15) is 5.75 Å². The second-order valence-corrected chi connectivity index (χ2v) is 7.29. The number of carbonyl (C=O) groups is 3. The van der Waals surface area contributed by atoms with Gasteiger partial charge in [0.15, 0.2) is 0 Å². The van der Waals surface area contributed by atoms with Crippen LogP contribution < -0.4 is 15.4 Å². The Hall–Kier alpha value is -3.35. The molecule has 7 heteroatoms. The fraction of sp³-hybridized carbons (Fsp3) is 0.318. The molecule has 0 saturated carbocycles. The van der Waals surface area contributed by atoms with Crippen molar-refractivity contribution in [1.82, 2.24) is 4.90 Å². The molecule has 1 fully saturated rings. The molecule has 1 heterocycles. The van der Waals surface area contributed by atoms with E-state index >= 15 is 0 Å². The molecule has 2 aromatic rings. The summed E-state index contributed by atoms with van der Waals surface area (Å²) >= 11 is 0. The molecule has 1 saturated heterocycles. The van der Waals surface area contributed by atoms with Crippen LogP contribution in [0, 0.1) is 5.92 Å². The number of benzene rings is 2. The Morgan fingerprint density at radius 1 is 1.00 bits per heavy atom. The van der Waals surface area contributed by atoms with Gasteiger partial charge in [-0.2, -0.15) is 0 Å². The van der Waals surface area contributed by atoms with Gasteiger partial charge >= 0.3 is 0 Å². The van der Waals surface area contributed by atoms with Crippen molar-refractivity contribution >= 4 is 29.1 Å². The van der Waals surface area contributed by atoms with Gasteiger partial charge in [-0.15, -0.1) is 0 Å². The number of carbonyl (C=O) groups excluding carboxylic acids is 3. The first-order valence-electron chi connectivity index (χ1n) is 9.53. The zero-order valence-electron chi connectivity index (χ0n) is 16.8. The molecule has 2 N–H and O–H groups in total. The van der Waals surface area contributed by atoms with E-state index in [9.17, 15) is 14.4 Å². The molecule has 152 valence electrons. The SMILES string of the molecule is COc1ccc(NC(=O)c2ccc(NC(=O)C3CC(=O)N(C(C)C)C3)cc2)cc1. The van der Waals surface area contributed by atoms with Crippen molar-refractivity contribution in [3.8, 4) is 5.75 Å². The largest absolute Gasteiger partial charge is 0.497 e. The topological polar surface area (TPSA) is 87.7 Å². The first-order chi connectivity index (χ1) is 13.9. The van der Waals surface area contributed by atoms with Crippen LogP contribution >= 0.6 is 0 Å². The number of hydrogen-bond acceptors (Lipinski definition) is 4. The van der Waals surface area contributed by atoms with E-state index in [4.69, 9.17) is 4.74 Å². The monoisotopic (exact) mass is 395 g/mol. The van der Waals surface area contributed by atoms with Gasteiger partial charge in [0.25, 0.3) is 5.91 Å². The van der Waals surface area contributed by atoms with Crippen LogP contribution in [0.3, 0.4) is 0 Å². The Morgan fingerprint density at radius 3 is 2.14 bits per heavy atom. The highest BCUT2D eigenvalue weighted by atomic mass is 16.5. The Morgan fingerprint density at radius 2 is 1.59 bits per heavy atom. The third-order valence-electron chi connectivity index (χ3n) is 4.92. The number of likely N-dealkylation sites (tertiary alicyclic amines) is 1. The van der Waals surface area contributed by atoms with E-state index in [0.717, 1.165) is 0 Å². The van der Waals surface area contributed by atoms with Crippen molar-refractivity contribution in [3.05, 3.63) is 54.1 Å². The van der Waals surface area contributed by atoms with Crippen molar-refractivity contribution in [3.63, 3.8) is 0 Å². The molecule has 3 amide bonds. The van der Waals surface area contributed by atoms with Crippen LogP contribution in [0.1, 0.15) is 30.6 Å². The minimum atomic E-state index is -0.358. The van der Waals surface area contributed by atoms with Crippen LogP contribution in [0.4, 0.5) is 11.4 Å². The van der Waals surface area contributed by atoms with Gasteiger partial charge in [-0.25, -0.2) is 0 Å². The Kier molecular flexibility index (Phi) is 6.16. The second-order valence-electron chi connectivity index (χ2n) is 7.29. The lowest BCUT2D eigenvalue weighted by molar-refractivity contribution is -0.129. The van der Waals surface area contributed by atoms with Gasteiger partial charge in [-0.3, -0.25) is 14.4 Å². The van der Waals surface area contributed by atoms with Crippen LogP contribution in [0.25, 0.3) is 0 Å². The van der Waals surface area contributed by atoms with E-state index in [-0.39, 0.29) is 36.1 Å². The second kappa shape index (κ2) is 8.77. The maximum Gasteiger partial charge on any atom is 0.255 e. The quantitative estimate of drug-likeness (QED) is 0.787. The highest BCUT2D eigenvalue weighted by Crippen LogP contribution is 2.22. The van der Waals surface area contributed by atoms with Gasteiger partial charge in [0, 0.05) is 35.9 Å². The lowest BCUT2D eigenvalue weighted by Gasteiger charge is -2.20. The van der Waals surface area contributed by atoms with Gasteiger partial charge < -0.3 is 20.3 Å². The van der Waals surface area contributed by atoms with Gasteiger partial charge in [-0.05, 0) is 62.4 Å². The molecule has 2 aromatic carbocycles. The molecule has 1 aliphatic heterocycles. The minimum absolute atomic E-state index is 0.00528. The van der Waals surface area contributed by atoms with Crippen LogP contribution in [0.5, 0.6) is 5.75 Å². The molecule has 1 atom stereocenters. The number of amides is 3. The summed E-state index contributed by atoms with van der Waals surface area (Å²) in [5.41, 5.74) is 1.72. The van der Waals surface area contributed by atoms with Gasteiger partial charge in [0.05, 0.1) is 13.0 Å². The first kappa shape index (κ1) is 20.4. The van der Waals surface area contributed by atoms with Crippen LogP contribution in [-0.2, 0) is 9.59 Å².